The summed E-state index contributed by atoms with van der Waals surface area (Å²) in [5, 5.41) is -0.0498. The number of aromatic nitrogens is 2. The van der Waals surface area contributed by atoms with Crippen molar-refractivity contribution >= 4 is 17.7 Å². The molecule has 2 aromatic rings. The first kappa shape index (κ1) is 25.9. The average Bonchev–Trinajstić information content (AvgIpc) is 2.90. The third kappa shape index (κ3) is 5.13. The van der Waals surface area contributed by atoms with Gasteiger partial charge in [0.2, 0.25) is 5.91 Å². The summed E-state index contributed by atoms with van der Waals surface area (Å²) in [6.07, 6.45) is 3.55. The van der Waals surface area contributed by atoms with Gasteiger partial charge in [0, 0.05) is 37.3 Å². The lowest BCUT2D eigenvalue weighted by Gasteiger charge is -2.61. The normalized spacial score (nSPS) is 29.1. The van der Waals surface area contributed by atoms with Crippen molar-refractivity contribution in [2.45, 2.75) is 55.4 Å². The van der Waals surface area contributed by atoms with Crippen molar-refractivity contribution in [1.82, 2.24) is 19.8 Å². The van der Waals surface area contributed by atoms with Gasteiger partial charge in [0.15, 0.2) is 5.16 Å². The highest BCUT2D eigenvalue weighted by atomic mass is 32.2. The average molecular weight is 547 g/mol. The van der Waals surface area contributed by atoms with Crippen molar-refractivity contribution in [3.05, 3.63) is 36.0 Å². The van der Waals surface area contributed by atoms with Crippen LogP contribution in [-0.4, -0.2) is 70.3 Å². The largest absolute Gasteiger partial charge is 0.497 e. The predicted octanol–water partition coefficient (Wildman–Crippen LogP) is 5.38. The number of ether oxygens (including phenoxy) is 1. The highest BCUT2D eigenvalue weighted by Gasteiger charge is 2.53. The van der Waals surface area contributed by atoms with Crippen LogP contribution < -0.4 is 4.74 Å². The maximum Gasteiger partial charge on any atom is 0.433 e. The summed E-state index contributed by atoms with van der Waals surface area (Å²) in [6.45, 7) is 3.10. The molecule has 1 saturated heterocycles. The molecule has 38 heavy (non-hydrogen) atoms. The highest BCUT2D eigenvalue weighted by Crippen LogP contribution is 2.57. The van der Waals surface area contributed by atoms with Gasteiger partial charge in [-0.15, -0.1) is 0 Å². The number of amides is 1. The predicted molar refractivity (Wildman–Crippen MR) is 139 cm³/mol. The topological polar surface area (TPSA) is 58.6 Å². The number of benzene rings is 1. The van der Waals surface area contributed by atoms with Gasteiger partial charge in [-0.3, -0.25) is 9.69 Å². The third-order valence-corrected chi connectivity index (χ3v) is 9.85. The lowest BCUT2D eigenvalue weighted by Crippen LogP contribution is -2.64. The molecule has 1 amide bonds. The number of methoxy groups -OCH3 is 1. The Bertz CT molecular complexity index is 1150. The van der Waals surface area contributed by atoms with Crippen molar-refractivity contribution in [2.75, 3.05) is 39.0 Å². The molecule has 0 N–H and O–H groups in total. The Labute approximate surface area is 225 Å². The number of hydrogen-bond acceptors (Lipinski definition) is 6. The zero-order chi connectivity index (χ0) is 26.5. The van der Waals surface area contributed by atoms with Crippen molar-refractivity contribution in [3.63, 3.8) is 0 Å². The molecule has 4 saturated carbocycles. The van der Waals surface area contributed by atoms with Gasteiger partial charge in [-0.05, 0) is 86.6 Å². The number of hydrogen-bond donors (Lipinski definition) is 0. The Morgan fingerprint density at radius 3 is 2.16 bits per heavy atom. The minimum Gasteiger partial charge on any atom is -0.497 e. The van der Waals surface area contributed by atoms with Crippen LogP contribution in [0.3, 0.4) is 0 Å². The molecule has 0 unspecified atom stereocenters. The highest BCUT2D eigenvalue weighted by molar-refractivity contribution is 7.99. The second-order valence-corrected chi connectivity index (χ2v) is 12.4. The molecule has 2 heterocycles. The van der Waals surface area contributed by atoms with E-state index in [1.807, 2.05) is 4.90 Å². The summed E-state index contributed by atoms with van der Waals surface area (Å²) in [6, 6.07) is 7.60. The first-order valence-electron chi connectivity index (χ1n) is 13.5. The number of halogens is 3. The fourth-order valence-electron chi connectivity index (χ4n) is 7.64. The van der Waals surface area contributed by atoms with Gasteiger partial charge in [-0.1, -0.05) is 11.8 Å². The Morgan fingerprint density at radius 1 is 1.00 bits per heavy atom. The van der Waals surface area contributed by atoms with Crippen LogP contribution in [-0.2, 0) is 11.0 Å². The Morgan fingerprint density at radius 2 is 1.61 bits per heavy atom. The van der Waals surface area contributed by atoms with E-state index in [1.54, 1.807) is 24.3 Å². The molecule has 0 spiro atoms. The minimum absolute atomic E-state index is 0.0146. The number of rotatable bonds is 6. The van der Waals surface area contributed by atoms with Crippen molar-refractivity contribution in [1.29, 1.82) is 0 Å². The van der Waals surface area contributed by atoms with E-state index < -0.39 is 11.9 Å². The van der Waals surface area contributed by atoms with Crippen LogP contribution in [0, 0.1) is 17.8 Å². The van der Waals surface area contributed by atoms with Gasteiger partial charge in [0.1, 0.15) is 11.4 Å². The van der Waals surface area contributed by atoms with Gasteiger partial charge in [-0.2, -0.15) is 13.2 Å². The second kappa shape index (κ2) is 10.0. The van der Waals surface area contributed by atoms with Gasteiger partial charge in [0.25, 0.3) is 0 Å². The number of alkyl halides is 3. The first-order valence-corrected chi connectivity index (χ1v) is 14.5. The summed E-state index contributed by atoms with van der Waals surface area (Å²) in [5.41, 5.74) is 0.00165. The Kier molecular flexibility index (Phi) is 6.83. The van der Waals surface area contributed by atoms with E-state index in [2.05, 4.69) is 14.9 Å². The summed E-state index contributed by atoms with van der Waals surface area (Å²) in [4.78, 5) is 25.6. The van der Waals surface area contributed by atoms with Gasteiger partial charge in [0.05, 0.1) is 18.6 Å². The molecule has 5 fully saturated rings. The van der Waals surface area contributed by atoms with Crippen LogP contribution in [0.2, 0.25) is 0 Å². The number of piperazine rings is 1. The fraction of sp³-hybridized carbons (Fsp3) is 0.607. The summed E-state index contributed by atoms with van der Waals surface area (Å²) in [5.74, 6) is 3.18. The molecule has 204 valence electrons. The van der Waals surface area contributed by atoms with E-state index in [1.165, 1.54) is 45.6 Å². The van der Waals surface area contributed by atoms with Gasteiger partial charge >= 0.3 is 6.18 Å². The van der Waals surface area contributed by atoms with Crippen LogP contribution in [0.5, 0.6) is 5.75 Å². The molecule has 10 heteroatoms. The number of nitrogens with zero attached hydrogens (tertiary/aromatic N) is 4. The van der Waals surface area contributed by atoms with Crippen molar-refractivity contribution in [2.24, 2.45) is 17.8 Å². The first-order chi connectivity index (χ1) is 18.2. The lowest BCUT2D eigenvalue weighted by molar-refractivity contribution is -0.141. The summed E-state index contributed by atoms with van der Waals surface area (Å²) >= 11 is 0.965. The zero-order valence-electron chi connectivity index (χ0n) is 21.5. The maximum atomic E-state index is 13.6. The number of thioether (sulfide) groups is 1. The molecule has 4 aliphatic carbocycles. The SMILES string of the molecule is COc1ccc(-c2cc(C(F)(F)F)nc(SCC(=O)N3CCN(C45CC6CC(CC(C6)C4)C5)CC3)n2)cc1. The molecule has 7 rings (SSSR count). The molecule has 4 bridgehead atoms. The van der Waals surface area contributed by atoms with E-state index >= 15 is 0 Å². The van der Waals surface area contributed by atoms with Crippen LogP contribution in [0.4, 0.5) is 13.2 Å². The second-order valence-electron chi connectivity index (χ2n) is 11.4. The van der Waals surface area contributed by atoms with E-state index in [0.29, 0.717) is 29.9 Å². The molecule has 1 aliphatic heterocycles. The molecule has 6 nitrogen and oxygen atoms in total. The maximum absolute atomic E-state index is 13.6. The van der Waals surface area contributed by atoms with Crippen LogP contribution in [0.15, 0.2) is 35.5 Å². The molecule has 1 aromatic heterocycles. The molecule has 5 aliphatic rings. The molecular weight excluding hydrogens is 513 g/mol. The van der Waals surface area contributed by atoms with Crippen LogP contribution >= 0.6 is 11.8 Å². The monoisotopic (exact) mass is 546 g/mol. The van der Waals surface area contributed by atoms with E-state index in [4.69, 9.17) is 4.74 Å². The number of carbonyl (C=O) groups excluding carboxylic acids is 1. The smallest absolute Gasteiger partial charge is 0.433 e. The number of carbonyl (C=O) groups is 1. The Balaban J connectivity index is 1.09. The molecule has 0 atom stereocenters. The van der Waals surface area contributed by atoms with Crippen molar-refractivity contribution in [3.8, 4) is 17.0 Å². The van der Waals surface area contributed by atoms with E-state index in [0.717, 1.165) is 48.7 Å². The minimum atomic E-state index is -4.61. The van der Waals surface area contributed by atoms with E-state index in [9.17, 15) is 18.0 Å². The fourth-order valence-corrected chi connectivity index (χ4v) is 8.41. The van der Waals surface area contributed by atoms with Gasteiger partial charge in [-0.25, -0.2) is 9.97 Å². The van der Waals surface area contributed by atoms with Crippen molar-refractivity contribution < 1.29 is 22.7 Å². The third-order valence-electron chi connectivity index (χ3n) is 9.02. The molecule has 0 radical (unpaired) electrons. The molecule has 1 aromatic carbocycles. The van der Waals surface area contributed by atoms with Crippen LogP contribution in [0.25, 0.3) is 11.3 Å². The summed E-state index contributed by atoms with van der Waals surface area (Å²) < 4.78 is 45.9. The zero-order valence-corrected chi connectivity index (χ0v) is 22.4. The van der Waals surface area contributed by atoms with E-state index in [-0.39, 0.29) is 22.5 Å². The summed E-state index contributed by atoms with van der Waals surface area (Å²) in [7, 11) is 1.52. The lowest BCUT2D eigenvalue weighted by atomic mass is 9.52. The standard InChI is InChI=1S/C28H33F3N4O2S/c1-37-22-4-2-21(3-5-22)23-13-24(28(29,30)31)33-26(32-23)38-17-25(36)34-6-8-35(9-7-34)27-14-18-10-19(15-27)12-20(11-18)16-27/h2-5,13,18-20H,6-12,14-17H2,1H3. The van der Waals surface area contributed by atoms with Gasteiger partial charge < -0.3 is 9.64 Å². The van der Waals surface area contributed by atoms with Crippen LogP contribution in [0.1, 0.15) is 44.2 Å². The quantitative estimate of drug-likeness (QED) is 0.359. The Hall–Kier alpha value is -2.33. The molecular formula is C28H33F3N4O2S.